The molecule has 7 nitrogen and oxygen atoms in total. The van der Waals surface area contributed by atoms with Crippen molar-refractivity contribution in [2.75, 3.05) is 11.4 Å². The monoisotopic (exact) mass is 591 g/mol. The maximum Gasteiger partial charge on any atom is 0.273 e. The highest BCUT2D eigenvalue weighted by molar-refractivity contribution is 9.10. The first-order chi connectivity index (χ1) is 18.3. The standard InChI is InChI=1S/C29H26BrN3O4S/c1-21(23-12-14-24(30)15-13-23)31-32-29(34)27-10-6-7-11-28(27)33(20-22-8-4-3-5-9-22)38(35,36)26-18-16-25(37-2)17-19-26/h3-19H,20H2,1-2H3,(H,32,34)/b31-21-. The molecule has 0 unspecified atom stereocenters. The molecule has 4 rings (SSSR count). The number of nitrogens with one attached hydrogen (secondary N) is 1. The number of amides is 1. The number of benzene rings is 4. The van der Waals surface area contributed by atoms with Crippen LogP contribution in [0.25, 0.3) is 0 Å². The van der Waals surface area contributed by atoms with Gasteiger partial charge in [0.2, 0.25) is 0 Å². The van der Waals surface area contributed by atoms with Crippen LogP contribution in [0.5, 0.6) is 5.75 Å². The summed E-state index contributed by atoms with van der Waals surface area (Å²) >= 11 is 3.40. The quantitative estimate of drug-likeness (QED) is 0.191. The number of rotatable bonds is 9. The average Bonchev–Trinajstić information content (AvgIpc) is 2.95. The molecule has 1 amide bonds. The van der Waals surface area contributed by atoms with Gasteiger partial charge in [-0.15, -0.1) is 0 Å². The van der Waals surface area contributed by atoms with Crippen molar-refractivity contribution in [1.29, 1.82) is 0 Å². The molecular weight excluding hydrogens is 566 g/mol. The number of hydrogen-bond acceptors (Lipinski definition) is 5. The zero-order chi connectivity index (χ0) is 27.1. The van der Waals surface area contributed by atoms with Crippen LogP contribution in [0.2, 0.25) is 0 Å². The van der Waals surface area contributed by atoms with E-state index < -0.39 is 15.9 Å². The maximum atomic E-state index is 13.9. The molecule has 0 atom stereocenters. The Morgan fingerprint density at radius 1 is 0.895 bits per heavy atom. The zero-order valence-electron chi connectivity index (χ0n) is 20.8. The zero-order valence-corrected chi connectivity index (χ0v) is 23.2. The van der Waals surface area contributed by atoms with Gasteiger partial charge in [-0.3, -0.25) is 9.10 Å². The second-order valence-electron chi connectivity index (χ2n) is 8.33. The number of hydrogen-bond donors (Lipinski definition) is 1. The molecule has 194 valence electrons. The van der Waals surface area contributed by atoms with Crippen molar-refractivity contribution in [3.63, 3.8) is 0 Å². The lowest BCUT2D eigenvalue weighted by Gasteiger charge is -2.26. The molecule has 0 heterocycles. The molecule has 38 heavy (non-hydrogen) atoms. The Bertz CT molecular complexity index is 1540. The van der Waals surface area contributed by atoms with E-state index in [0.29, 0.717) is 11.5 Å². The van der Waals surface area contributed by atoms with Gasteiger partial charge in [-0.1, -0.05) is 70.5 Å². The van der Waals surface area contributed by atoms with Crippen molar-refractivity contribution in [3.05, 3.63) is 124 Å². The van der Waals surface area contributed by atoms with Gasteiger partial charge >= 0.3 is 0 Å². The molecule has 4 aromatic carbocycles. The minimum absolute atomic E-state index is 0.0285. The Morgan fingerprint density at radius 3 is 2.18 bits per heavy atom. The number of ether oxygens (including phenoxy) is 1. The Morgan fingerprint density at radius 2 is 1.53 bits per heavy atom. The van der Waals surface area contributed by atoms with E-state index in [1.807, 2.05) is 54.6 Å². The van der Waals surface area contributed by atoms with E-state index in [0.717, 1.165) is 15.6 Å². The fraction of sp³-hybridized carbons (Fsp3) is 0.103. The fourth-order valence-corrected chi connectivity index (χ4v) is 5.49. The van der Waals surface area contributed by atoms with Crippen LogP contribution >= 0.6 is 15.9 Å². The fourth-order valence-electron chi connectivity index (χ4n) is 3.76. The third kappa shape index (κ3) is 6.30. The highest BCUT2D eigenvalue weighted by Crippen LogP contribution is 2.30. The molecule has 4 aromatic rings. The van der Waals surface area contributed by atoms with Gasteiger partial charge in [0.25, 0.3) is 15.9 Å². The SMILES string of the molecule is COc1ccc(S(=O)(=O)N(Cc2ccccc2)c2ccccc2C(=O)N/N=C(/C)c2ccc(Br)cc2)cc1. The molecule has 0 saturated heterocycles. The van der Waals surface area contributed by atoms with Gasteiger partial charge in [0.15, 0.2) is 0 Å². The molecule has 1 N–H and O–H groups in total. The number of halogens is 1. The summed E-state index contributed by atoms with van der Waals surface area (Å²) in [6.45, 7) is 1.81. The molecule has 0 bridgehead atoms. The minimum atomic E-state index is -4.05. The third-order valence-electron chi connectivity index (χ3n) is 5.82. The largest absolute Gasteiger partial charge is 0.497 e. The van der Waals surface area contributed by atoms with Crippen LogP contribution in [0.1, 0.15) is 28.4 Å². The van der Waals surface area contributed by atoms with Crippen LogP contribution in [-0.2, 0) is 16.6 Å². The summed E-state index contributed by atoms with van der Waals surface area (Å²) in [6.07, 6.45) is 0. The van der Waals surface area contributed by atoms with Gasteiger partial charge in [0, 0.05) is 4.47 Å². The number of sulfonamides is 1. The lowest BCUT2D eigenvalue weighted by atomic mass is 10.1. The van der Waals surface area contributed by atoms with Gasteiger partial charge in [0.05, 0.1) is 35.5 Å². The van der Waals surface area contributed by atoms with Gasteiger partial charge in [-0.05, 0) is 66.6 Å². The number of para-hydroxylation sites is 1. The van der Waals surface area contributed by atoms with Gasteiger partial charge in [0.1, 0.15) is 5.75 Å². The number of hydrazone groups is 1. The summed E-state index contributed by atoms with van der Waals surface area (Å²) in [5.74, 6) is 0.0115. The van der Waals surface area contributed by atoms with Gasteiger partial charge < -0.3 is 4.74 Å². The number of carbonyl (C=O) groups excluding carboxylic acids is 1. The van der Waals surface area contributed by atoms with Crippen LogP contribution in [0.15, 0.2) is 118 Å². The second kappa shape index (κ2) is 12.1. The summed E-state index contributed by atoms with van der Waals surface area (Å²) in [5, 5.41) is 4.24. The Hall–Kier alpha value is -3.95. The smallest absolute Gasteiger partial charge is 0.273 e. The van der Waals surface area contributed by atoms with Gasteiger partial charge in [-0.2, -0.15) is 5.10 Å². The van der Waals surface area contributed by atoms with E-state index in [4.69, 9.17) is 4.74 Å². The average molecular weight is 593 g/mol. The Balaban J connectivity index is 1.72. The van der Waals surface area contributed by atoms with Crippen molar-refractivity contribution in [3.8, 4) is 5.75 Å². The lowest BCUT2D eigenvalue weighted by Crippen LogP contribution is -2.33. The van der Waals surface area contributed by atoms with E-state index in [1.54, 1.807) is 43.3 Å². The molecule has 0 aliphatic rings. The van der Waals surface area contributed by atoms with Crippen LogP contribution in [-0.4, -0.2) is 27.1 Å². The number of anilines is 1. The first kappa shape index (κ1) is 27.1. The van der Waals surface area contributed by atoms with Crippen molar-refractivity contribution in [1.82, 2.24) is 5.43 Å². The maximum absolute atomic E-state index is 13.9. The van der Waals surface area contributed by atoms with E-state index >= 15 is 0 Å². The van der Waals surface area contributed by atoms with E-state index in [9.17, 15) is 13.2 Å². The first-order valence-corrected chi connectivity index (χ1v) is 13.9. The molecule has 0 aliphatic heterocycles. The highest BCUT2D eigenvalue weighted by atomic mass is 79.9. The molecular formula is C29H26BrN3O4S. The lowest BCUT2D eigenvalue weighted by molar-refractivity contribution is 0.0955. The minimum Gasteiger partial charge on any atom is -0.497 e. The molecule has 0 saturated carbocycles. The molecule has 0 aromatic heterocycles. The van der Waals surface area contributed by atoms with Crippen molar-refractivity contribution < 1.29 is 17.9 Å². The van der Waals surface area contributed by atoms with Crippen LogP contribution < -0.4 is 14.5 Å². The summed E-state index contributed by atoms with van der Waals surface area (Å²) < 4.78 is 35.2. The molecule has 0 fully saturated rings. The topological polar surface area (TPSA) is 88.1 Å². The van der Waals surface area contributed by atoms with Crippen LogP contribution in [0.4, 0.5) is 5.69 Å². The first-order valence-electron chi connectivity index (χ1n) is 11.7. The van der Waals surface area contributed by atoms with Gasteiger partial charge in [-0.25, -0.2) is 13.8 Å². The molecule has 9 heteroatoms. The summed E-state index contributed by atoms with van der Waals surface area (Å²) in [4.78, 5) is 13.4. The summed E-state index contributed by atoms with van der Waals surface area (Å²) in [7, 11) is -2.54. The Labute approximate surface area is 231 Å². The number of nitrogens with zero attached hydrogens (tertiary/aromatic N) is 2. The van der Waals surface area contributed by atoms with Crippen molar-refractivity contribution in [2.45, 2.75) is 18.4 Å². The van der Waals surface area contributed by atoms with E-state index in [1.165, 1.54) is 23.5 Å². The number of methoxy groups -OCH3 is 1. The molecule has 0 spiro atoms. The molecule has 0 aliphatic carbocycles. The highest BCUT2D eigenvalue weighted by Gasteiger charge is 2.28. The normalized spacial score (nSPS) is 11.6. The predicted molar refractivity (Wildman–Crippen MR) is 153 cm³/mol. The second-order valence-corrected chi connectivity index (χ2v) is 11.1. The van der Waals surface area contributed by atoms with E-state index in [-0.39, 0.29) is 22.7 Å². The van der Waals surface area contributed by atoms with Crippen molar-refractivity contribution >= 4 is 43.3 Å². The van der Waals surface area contributed by atoms with Crippen molar-refractivity contribution in [2.24, 2.45) is 5.10 Å². The third-order valence-corrected chi connectivity index (χ3v) is 8.12. The Kier molecular flexibility index (Phi) is 8.60. The molecule has 0 radical (unpaired) electrons. The van der Waals surface area contributed by atoms with Crippen LogP contribution in [0, 0.1) is 0 Å². The summed E-state index contributed by atoms with van der Waals surface area (Å²) in [5.41, 5.74) is 5.20. The predicted octanol–water partition coefficient (Wildman–Crippen LogP) is 6.01. The summed E-state index contributed by atoms with van der Waals surface area (Å²) in [6, 6.07) is 29.5. The number of carbonyl (C=O) groups is 1. The van der Waals surface area contributed by atoms with Crippen LogP contribution in [0.3, 0.4) is 0 Å². The van der Waals surface area contributed by atoms with E-state index in [2.05, 4.69) is 26.5 Å².